The SMILES string of the molecule is CN(C)c1ccccc1-c1ccc([C@H]2C[C@]3(C)[C@@H](CC[C@]3(O)CCCO)[C@@H]3CCC4=CC(=O)CCC4=C32)cc1. The number of aliphatic hydroxyl groups excluding tert-OH is 1. The second kappa shape index (κ2) is 10.1. The number of carbonyl (C=O) groups excluding carboxylic acids is 1. The van der Waals surface area contributed by atoms with Crippen LogP contribution in [-0.4, -0.2) is 42.3 Å². The van der Waals surface area contributed by atoms with Crippen LogP contribution in [0.2, 0.25) is 0 Å². The van der Waals surface area contributed by atoms with E-state index >= 15 is 0 Å². The molecule has 6 rings (SSSR count). The Morgan fingerprint density at radius 3 is 2.51 bits per heavy atom. The lowest BCUT2D eigenvalue weighted by Crippen LogP contribution is -2.51. The number of carbonyl (C=O) groups is 1. The highest BCUT2D eigenvalue weighted by atomic mass is 16.3. The van der Waals surface area contributed by atoms with Crippen LogP contribution < -0.4 is 4.90 Å². The largest absolute Gasteiger partial charge is 0.396 e. The minimum atomic E-state index is -0.738. The van der Waals surface area contributed by atoms with Crippen LogP contribution in [-0.2, 0) is 4.79 Å². The van der Waals surface area contributed by atoms with Gasteiger partial charge in [-0.05, 0) is 97.6 Å². The van der Waals surface area contributed by atoms with Gasteiger partial charge in [0.25, 0.3) is 0 Å². The molecule has 0 aliphatic heterocycles. The van der Waals surface area contributed by atoms with E-state index in [0.717, 1.165) is 38.5 Å². The molecule has 0 amide bonds. The summed E-state index contributed by atoms with van der Waals surface area (Å²) in [6, 6.07) is 17.7. The first-order chi connectivity index (χ1) is 18.8. The van der Waals surface area contributed by atoms with Crippen LogP contribution >= 0.6 is 0 Å². The van der Waals surface area contributed by atoms with Gasteiger partial charge in [0.05, 0.1) is 5.60 Å². The molecule has 4 aliphatic rings. The van der Waals surface area contributed by atoms with Crippen molar-refractivity contribution in [2.45, 2.75) is 76.2 Å². The third-order valence-electron chi connectivity index (χ3n) is 10.8. The molecule has 39 heavy (non-hydrogen) atoms. The van der Waals surface area contributed by atoms with Crippen molar-refractivity contribution in [3.63, 3.8) is 0 Å². The molecule has 0 radical (unpaired) electrons. The van der Waals surface area contributed by atoms with Crippen molar-refractivity contribution in [1.82, 2.24) is 0 Å². The average molecular weight is 526 g/mol. The number of anilines is 1. The van der Waals surface area contributed by atoms with E-state index in [4.69, 9.17) is 0 Å². The molecule has 2 aromatic rings. The highest BCUT2D eigenvalue weighted by Crippen LogP contribution is 2.67. The number of hydrogen-bond donors (Lipinski definition) is 2. The number of benzene rings is 2. The van der Waals surface area contributed by atoms with Gasteiger partial charge in [-0.2, -0.15) is 0 Å². The van der Waals surface area contributed by atoms with E-state index in [9.17, 15) is 15.0 Å². The molecule has 2 N–H and O–H groups in total. The maximum absolute atomic E-state index is 12.3. The average Bonchev–Trinajstić information content (AvgIpc) is 3.21. The van der Waals surface area contributed by atoms with Crippen LogP contribution in [0.5, 0.6) is 0 Å². The summed E-state index contributed by atoms with van der Waals surface area (Å²) < 4.78 is 0. The van der Waals surface area contributed by atoms with Crippen molar-refractivity contribution in [2.75, 3.05) is 25.6 Å². The lowest BCUT2D eigenvalue weighted by atomic mass is 9.51. The van der Waals surface area contributed by atoms with E-state index in [0.29, 0.717) is 31.1 Å². The van der Waals surface area contributed by atoms with E-state index in [-0.39, 0.29) is 23.7 Å². The van der Waals surface area contributed by atoms with Gasteiger partial charge in [-0.25, -0.2) is 0 Å². The number of ketones is 1. The summed E-state index contributed by atoms with van der Waals surface area (Å²) >= 11 is 0. The zero-order valence-electron chi connectivity index (χ0n) is 23.7. The number of rotatable bonds is 6. The summed E-state index contributed by atoms with van der Waals surface area (Å²) in [5.41, 5.74) is 8.33. The molecule has 0 spiro atoms. The van der Waals surface area contributed by atoms with Crippen molar-refractivity contribution < 1.29 is 15.0 Å². The Morgan fingerprint density at radius 2 is 1.77 bits per heavy atom. The van der Waals surface area contributed by atoms with Gasteiger partial charge in [0.1, 0.15) is 0 Å². The van der Waals surface area contributed by atoms with Crippen LogP contribution in [0.1, 0.15) is 76.2 Å². The first-order valence-corrected chi connectivity index (χ1v) is 14.9. The summed E-state index contributed by atoms with van der Waals surface area (Å²) in [5.74, 6) is 1.41. The van der Waals surface area contributed by atoms with Gasteiger partial charge >= 0.3 is 0 Å². The van der Waals surface area contributed by atoms with E-state index in [1.54, 1.807) is 5.57 Å². The highest BCUT2D eigenvalue weighted by molar-refractivity contribution is 5.93. The van der Waals surface area contributed by atoms with E-state index < -0.39 is 5.60 Å². The Balaban J connectivity index is 1.44. The molecular formula is C35H43NO3. The quantitative estimate of drug-likeness (QED) is 0.434. The van der Waals surface area contributed by atoms with Gasteiger partial charge in [0.15, 0.2) is 5.78 Å². The van der Waals surface area contributed by atoms with Crippen molar-refractivity contribution in [3.05, 3.63) is 76.9 Å². The van der Waals surface area contributed by atoms with Crippen molar-refractivity contribution in [3.8, 4) is 11.1 Å². The molecule has 4 aliphatic carbocycles. The smallest absolute Gasteiger partial charge is 0.156 e. The summed E-state index contributed by atoms with van der Waals surface area (Å²) in [5, 5.41) is 21.7. The maximum Gasteiger partial charge on any atom is 0.156 e. The molecule has 0 saturated heterocycles. The summed E-state index contributed by atoms with van der Waals surface area (Å²) in [6.07, 6.45) is 9.56. The molecule has 0 heterocycles. The van der Waals surface area contributed by atoms with E-state index in [1.807, 2.05) is 6.08 Å². The molecule has 5 atom stereocenters. The zero-order valence-corrected chi connectivity index (χ0v) is 23.7. The van der Waals surface area contributed by atoms with Gasteiger partial charge < -0.3 is 15.1 Å². The fourth-order valence-corrected chi connectivity index (χ4v) is 8.84. The fourth-order valence-electron chi connectivity index (χ4n) is 8.84. The molecule has 2 fully saturated rings. The molecule has 2 aromatic carbocycles. The van der Waals surface area contributed by atoms with Gasteiger partial charge in [0, 0.05) is 49.7 Å². The molecule has 4 heteroatoms. The molecular weight excluding hydrogens is 482 g/mol. The van der Waals surface area contributed by atoms with Crippen molar-refractivity contribution >= 4 is 11.5 Å². The summed E-state index contributed by atoms with van der Waals surface area (Å²) in [4.78, 5) is 14.5. The zero-order chi connectivity index (χ0) is 27.4. The van der Waals surface area contributed by atoms with Crippen LogP contribution in [0.15, 0.2) is 71.3 Å². The predicted molar refractivity (Wildman–Crippen MR) is 158 cm³/mol. The van der Waals surface area contributed by atoms with Gasteiger partial charge in [-0.3, -0.25) is 4.79 Å². The van der Waals surface area contributed by atoms with Crippen LogP contribution in [0.3, 0.4) is 0 Å². The number of hydrogen-bond acceptors (Lipinski definition) is 4. The fraction of sp³-hybridized carbons (Fsp3) is 0.514. The molecule has 206 valence electrons. The second-order valence-corrected chi connectivity index (χ2v) is 12.9. The Bertz CT molecular complexity index is 1320. The number of nitrogens with zero attached hydrogens (tertiary/aromatic N) is 1. The highest BCUT2D eigenvalue weighted by Gasteiger charge is 2.62. The van der Waals surface area contributed by atoms with Crippen LogP contribution in [0, 0.1) is 17.3 Å². The Kier molecular flexibility index (Phi) is 6.84. The van der Waals surface area contributed by atoms with Gasteiger partial charge in [-0.15, -0.1) is 0 Å². The lowest BCUT2D eigenvalue weighted by molar-refractivity contribution is -0.114. The summed E-state index contributed by atoms with van der Waals surface area (Å²) in [7, 11) is 4.17. The monoisotopic (exact) mass is 525 g/mol. The van der Waals surface area contributed by atoms with E-state index in [2.05, 4.69) is 74.4 Å². The number of allylic oxidation sites excluding steroid dienone is 4. The molecule has 4 nitrogen and oxygen atoms in total. The normalized spacial score (nSPS) is 31.9. The number of para-hydroxylation sites is 1. The van der Waals surface area contributed by atoms with Gasteiger partial charge in [-0.1, -0.05) is 55.0 Å². The predicted octanol–water partition coefficient (Wildman–Crippen LogP) is 6.82. The standard InChI is InChI=1S/C35H43NO3/c1-34-22-30(24-11-9-23(10-12-24)27-7-4-5-8-32(27)36(2)3)33-28-16-14-26(38)21-25(28)13-15-29(33)31(34)17-19-35(34,39)18-6-20-37/h4-5,7-12,21,29-31,37,39H,6,13-20,22H2,1-3H3/t29-,30+,31-,34+,35+/m0/s1. The maximum atomic E-state index is 12.3. The Morgan fingerprint density at radius 1 is 1.00 bits per heavy atom. The summed E-state index contributed by atoms with van der Waals surface area (Å²) in [6.45, 7) is 2.47. The van der Waals surface area contributed by atoms with Crippen molar-refractivity contribution in [1.29, 1.82) is 0 Å². The van der Waals surface area contributed by atoms with Crippen LogP contribution in [0.25, 0.3) is 11.1 Å². The van der Waals surface area contributed by atoms with Gasteiger partial charge in [0.2, 0.25) is 0 Å². The number of aliphatic hydroxyl groups is 2. The molecule has 2 saturated carbocycles. The Labute approximate surface area is 233 Å². The second-order valence-electron chi connectivity index (χ2n) is 12.9. The van der Waals surface area contributed by atoms with Crippen molar-refractivity contribution in [2.24, 2.45) is 17.3 Å². The Hall–Kier alpha value is -2.69. The van der Waals surface area contributed by atoms with Crippen LogP contribution in [0.4, 0.5) is 5.69 Å². The third kappa shape index (κ3) is 4.31. The first kappa shape index (κ1) is 26.5. The topological polar surface area (TPSA) is 60.8 Å². The molecule has 0 bridgehead atoms. The molecule has 0 aromatic heterocycles. The molecule has 0 unspecified atom stereocenters. The minimum Gasteiger partial charge on any atom is -0.396 e. The van der Waals surface area contributed by atoms with E-state index in [1.165, 1.54) is 33.5 Å². The number of fused-ring (bicyclic) bond motifs is 4. The third-order valence-corrected chi connectivity index (χ3v) is 10.8. The first-order valence-electron chi connectivity index (χ1n) is 14.9. The minimum absolute atomic E-state index is 0.128. The lowest BCUT2D eigenvalue weighted by Gasteiger charge is -2.55.